The van der Waals surface area contributed by atoms with Crippen molar-refractivity contribution in [3.8, 4) is 11.4 Å². The summed E-state index contributed by atoms with van der Waals surface area (Å²) < 4.78 is 5.68. The predicted molar refractivity (Wildman–Crippen MR) is 127 cm³/mol. The molecule has 0 radical (unpaired) electrons. The van der Waals surface area contributed by atoms with Gasteiger partial charge in [-0.3, -0.25) is 4.90 Å². The lowest BCUT2D eigenvalue weighted by Gasteiger charge is -2.39. The molecule has 0 aliphatic carbocycles. The highest BCUT2D eigenvalue weighted by atomic mass is 16.5. The highest BCUT2D eigenvalue weighted by molar-refractivity contribution is 5.89. The number of fused-ring (bicyclic) bond motifs is 1. The summed E-state index contributed by atoms with van der Waals surface area (Å²) >= 11 is 0. The maximum Gasteiger partial charge on any atom is 0.319 e. The molecule has 8 heteroatoms. The van der Waals surface area contributed by atoms with Crippen LogP contribution in [0.3, 0.4) is 0 Å². The third kappa shape index (κ3) is 4.56. The summed E-state index contributed by atoms with van der Waals surface area (Å²) in [6.07, 6.45) is 0.961. The molecule has 2 aliphatic rings. The Morgan fingerprint density at radius 1 is 1.16 bits per heavy atom. The number of amides is 2. The Labute approximate surface area is 190 Å². The zero-order valence-corrected chi connectivity index (χ0v) is 19.5. The highest BCUT2D eigenvalue weighted by Crippen LogP contribution is 2.36. The van der Waals surface area contributed by atoms with E-state index in [4.69, 9.17) is 14.7 Å². The fourth-order valence-corrected chi connectivity index (χ4v) is 4.58. The summed E-state index contributed by atoms with van der Waals surface area (Å²) in [6, 6.07) is 8.06. The van der Waals surface area contributed by atoms with Crippen LogP contribution in [-0.4, -0.2) is 66.3 Å². The molecule has 32 heavy (non-hydrogen) atoms. The lowest BCUT2D eigenvalue weighted by Crippen LogP contribution is -2.45. The first kappa shape index (κ1) is 22.5. The lowest BCUT2D eigenvalue weighted by molar-refractivity contribution is 0.0982. The molecule has 4 rings (SSSR count). The minimum atomic E-state index is -0.206. The minimum absolute atomic E-state index is 0.206. The van der Waals surface area contributed by atoms with E-state index in [1.807, 2.05) is 31.2 Å². The summed E-state index contributed by atoms with van der Waals surface area (Å²) in [5.74, 6) is 1.78. The number of hydrogen-bond acceptors (Lipinski definition) is 6. The molecule has 1 aromatic carbocycles. The summed E-state index contributed by atoms with van der Waals surface area (Å²) in [5, 5.41) is 5.58. The third-order valence-electron chi connectivity index (χ3n) is 6.39. The van der Waals surface area contributed by atoms with Crippen LogP contribution in [0.25, 0.3) is 11.4 Å². The van der Waals surface area contributed by atoms with Gasteiger partial charge in [-0.05, 0) is 58.0 Å². The van der Waals surface area contributed by atoms with Crippen LogP contribution in [0.4, 0.5) is 16.3 Å². The average molecular weight is 439 g/mol. The first-order chi connectivity index (χ1) is 15.5. The van der Waals surface area contributed by atoms with E-state index in [1.54, 1.807) is 0 Å². The first-order valence-corrected chi connectivity index (χ1v) is 11.7. The Morgan fingerprint density at radius 3 is 2.62 bits per heavy atom. The predicted octanol–water partition coefficient (Wildman–Crippen LogP) is 3.45. The van der Waals surface area contributed by atoms with E-state index in [9.17, 15) is 4.79 Å². The van der Waals surface area contributed by atoms with Crippen LogP contribution in [-0.2, 0) is 11.2 Å². The number of nitrogens with zero attached hydrogens (tertiary/aromatic N) is 4. The average Bonchev–Trinajstić information content (AvgIpc) is 2.80. The first-order valence-electron chi connectivity index (χ1n) is 11.7. The number of morpholine rings is 1. The van der Waals surface area contributed by atoms with Crippen molar-refractivity contribution in [2.75, 3.05) is 49.6 Å². The zero-order valence-electron chi connectivity index (χ0n) is 19.5. The van der Waals surface area contributed by atoms with Gasteiger partial charge in [0.05, 0.1) is 24.9 Å². The summed E-state index contributed by atoms with van der Waals surface area (Å²) in [6.45, 7) is 13.4. The molecule has 1 fully saturated rings. The van der Waals surface area contributed by atoms with Gasteiger partial charge < -0.3 is 20.3 Å². The summed E-state index contributed by atoms with van der Waals surface area (Å²) in [4.78, 5) is 26.8. The normalized spacial score (nSPS) is 21.2. The zero-order chi connectivity index (χ0) is 22.7. The van der Waals surface area contributed by atoms with Crippen LogP contribution in [0, 0.1) is 0 Å². The molecule has 0 unspecified atom stereocenters. The van der Waals surface area contributed by atoms with E-state index < -0.39 is 0 Å². The van der Waals surface area contributed by atoms with Crippen LogP contribution in [0.2, 0.25) is 0 Å². The number of aromatic nitrogens is 2. The molecule has 0 bridgehead atoms. The minimum Gasteiger partial charge on any atom is -0.377 e. The molecule has 1 aromatic heterocycles. The van der Waals surface area contributed by atoms with E-state index in [1.165, 1.54) is 5.56 Å². The second kappa shape index (κ2) is 9.83. The monoisotopic (exact) mass is 438 g/mol. The summed E-state index contributed by atoms with van der Waals surface area (Å²) in [7, 11) is 0. The number of likely N-dealkylation sites (N-methyl/N-ethyl adjacent to an activating group) is 1. The van der Waals surface area contributed by atoms with Gasteiger partial charge in [-0.15, -0.1) is 0 Å². The Kier molecular flexibility index (Phi) is 6.91. The van der Waals surface area contributed by atoms with Gasteiger partial charge in [0, 0.05) is 42.5 Å². The molecule has 2 aromatic rings. The van der Waals surface area contributed by atoms with Gasteiger partial charge in [-0.25, -0.2) is 14.8 Å². The van der Waals surface area contributed by atoms with Crippen molar-refractivity contribution in [2.24, 2.45) is 0 Å². The van der Waals surface area contributed by atoms with Gasteiger partial charge in [-0.2, -0.15) is 0 Å². The van der Waals surface area contributed by atoms with E-state index in [-0.39, 0.29) is 18.1 Å². The van der Waals surface area contributed by atoms with E-state index in [0.29, 0.717) is 13.2 Å². The van der Waals surface area contributed by atoms with Crippen molar-refractivity contribution in [1.82, 2.24) is 20.2 Å². The molecule has 0 saturated carbocycles. The molecule has 2 atom stereocenters. The number of nitrogens with one attached hydrogen (secondary N) is 2. The van der Waals surface area contributed by atoms with Crippen LogP contribution in [0.1, 0.15) is 45.0 Å². The van der Waals surface area contributed by atoms with Gasteiger partial charge in [0.15, 0.2) is 5.82 Å². The van der Waals surface area contributed by atoms with Crippen molar-refractivity contribution in [3.05, 3.63) is 35.5 Å². The maximum atomic E-state index is 11.8. The van der Waals surface area contributed by atoms with E-state index in [0.717, 1.165) is 61.2 Å². The largest absolute Gasteiger partial charge is 0.377 e. The molecule has 8 nitrogen and oxygen atoms in total. The second-order valence-corrected chi connectivity index (χ2v) is 8.47. The van der Waals surface area contributed by atoms with Crippen LogP contribution < -0.4 is 15.5 Å². The molecule has 3 heterocycles. The summed E-state index contributed by atoms with van der Waals surface area (Å²) in [5.41, 5.74) is 4.08. The van der Waals surface area contributed by atoms with Crippen LogP contribution >= 0.6 is 0 Å². The van der Waals surface area contributed by atoms with Crippen molar-refractivity contribution < 1.29 is 9.53 Å². The number of rotatable bonds is 5. The van der Waals surface area contributed by atoms with Crippen molar-refractivity contribution in [2.45, 2.75) is 46.2 Å². The Morgan fingerprint density at radius 2 is 1.94 bits per heavy atom. The SMILES string of the molecule is CCNC(=O)Nc1ccc(-c2nc3c(c(N4CCOC[C@@H]4C)n2)CCN(CC)[C@H]3C)cc1. The second-order valence-electron chi connectivity index (χ2n) is 8.47. The fraction of sp³-hybridized carbons (Fsp3) is 0.542. The van der Waals surface area contributed by atoms with Crippen molar-refractivity contribution in [1.29, 1.82) is 0 Å². The standard InChI is InChI=1S/C24H34N6O2/c1-5-25-24(31)26-19-9-7-18(8-10-19)22-27-21-17(4)29(6-2)12-11-20(21)23(28-22)30-13-14-32-15-16(30)3/h7-10,16-17H,5-6,11-15H2,1-4H3,(H2,25,26,31)/t16-,17-/m0/s1. The molecular formula is C24H34N6O2. The Hall–Kier alpha value is -2.71. The fourth-order valence-electron chi connectivity index (χ4n) is 4.58. The molecule has 172 valence electrons. The molecule has 2 amide bonds. The van der Waals surface area contributed by atoms with Crippen LogP contribution in [0.5, 0.6) is 0 Å². The Balaban J connectivity index is 1.71. The number of hydrogen-bond donors (Lipinski definition) is 2. The van der Waals surface area contributed by atoms with E-state index >= 15 is 0 Å². The van der Waals surface area contributed by atoms with Crippen molar-refractivity contribution >= 4 is 17.5 Å². The Bertz CT molecular complexity index is 948. The smallest absolute Gasteiger partial charge is 0.319 e. The quantitative estimate of drug-likeness (QED) is 0.744. The van der Waals surface area contributed by atoms with Crippen molar-refractivity contribution in [3.63, 3.8) is 0 Å². The molecule has 1 saturated heterocycles. The number of anilines is 2. The number of ether oxygens (including phenoxy) is 1. The van der Waals surface area contributed by atoms with Gasteiger partial charge >= 0.3 is 6.03 Å². The van der Waals surface area contributed by atoms with Gasteiger partial charge in [0.25, 0.3) is 0 Å². The lowest BCUT2D eigenvalue weighted by atomic mass is 9.97. The number of benzene rings is 1. The van der Waals surface area contributed by atoms with Crippen LogP contribution in [0.15, 0.2) is 24.3 Å². The highest BCUT2D eigenvalue weighted by Gasteiger charge is 2.31. The molecule has 2 N–H and O–H groups in total. The number of carbonyl (C=O) groups excluding carboxylic acids is 1. The van der Waals surface area contributed by atoms with Gasteiger partial charge in [0.2, 0.25) is 0 Å². The number of carbonyl (C=O) groups is 1. The third-order valence-corrected chi connectivity index (χ3v) is 6.39. The molecule has 0 spiro atoms. The topological polar surface area (TPSA) is 82.6 Å². The van der Waals surface area contributed by atoms with E-state index in [2.05, 4.69) is 41.2 Å². The maximum absolute atomic E-state index is 11.8. The molecule has 2 aliphatic heterocycles. The van der Waals surface area contributed by atoms with Gasteiger partial charge in [-0.1, -0.05) is 6.92 Å². The number of urea groups is 1. The van der Waals surface area contributed by atoms with Gasteiger partial charge in [0.1, 0.15) is 5.82 Å². The molecular weight excluding hydrogens is 404 g/mol.